The van der Waals surface area contributed by atoms with Gasteiger partial charge in [-0.2, -0.15) is 0 Å². The molecule has 1 aliphatic carbocycles. The molecule has 1 unspecified atom stereocenters. The van der Waals surface area contributed by atoms with Crippen LogP contribution in [0.15, 0.2) is 24.5 Å². The fraction of sp³-hybridized carbons (Fsp3) is 0.385. The Morgan fingerprint density at radius 3 is 3.17 bits per heavy atom. The van der Waals surface area contributed by atoms with Crippen molar-refractivity contribution >= 4 is 17.0 Å². The molecule has 3 N–H and O–H groups in total. The second-order valence-corrected chi connectivity index (χ2v) is 4.75. The number of pyridine rings is 1. The lowest BCUT2D eigenvalue weighted by Crippen LogP contribution is -2.37. The number of carboxylic acid groups (broad SMARTS) is 1. The number of hydrogen-bond donors (Lipinski definition) is 3. The van der Waals surface area contributed by atoms with E-state index in [9.17, 15) is 4.79 Å². The zero-order valence-electron chi connectivity index (χ0n) is 9.89. The maximum atomic E-state index is 11.1. The Hall–Kier alpha value is -1.88. The van der Waals surface area contributed by atoms with Crippen molar-refractivity contribution in [3.8, 4) is 0 Å². The minimum absolute atomic E-state index is 0.297. The Kier molecular flexibility index (Phi) is 2.76. The van der Waals surface area contributed by atoms with Crippen LogP contribution in [0.5, 0.6) is 0 Å². The first kappa shape index (κ1) is 11.2. The van der Waals surface area contributed by atoms with Crippen molar-refractivity contribution in [1.29, 1.82) is 0 Å². The van der Waals surface area contributed by atoms with Crippen molar-refractivity contribution in [2.75, 3.05) is 0 Å². The highest BCUT2D eigenvalue weighted by Gasteiger charge is 2.35. The number of nitrogens with zero attached hydrogens (tertiary/aromatic N) is 1. The molecule has 94 valence electrons. The summed E-state index contributed by atoms with van der Waals surface area (Å²) in [6.07, 6.45) is 5.65. The third-order valence-electron chi connectivity index (χ3n) is 3.41. The topological polar surface area (TPSA) is 78.0 Å². The molecule has 1 saturated carbocycles. The van der Waals surface area contributed by atoms with Gasteiger partial charge in [-0.15, -0.1) is 0 Å². The average molecular weight is 245 g/mol. The highest BCUT2D eigenvalue weighted by Crippen LogP contribution is 2.33. The molecule has 1 fully saturated rings. The molecule has 2 aromatic rings. The molecule has 2 aromatic heterocycles. The number of carboxylic acids is 1. The fourth-order valence-corrected chi connectivity index (χ4v) is 2.26. The lowest BCUT2D eigenvalue weighted by molar-refractivity contribution is -0.140. The van der Waals surface area contributed by atoms with Gasteiger partial charge >= 0.3 is 5.97 Å². The van der Waals surface area contributed by atoms with Crippen molar-refractivity contribution in [3.63, 3.8) is 0 Å². The summed E-state index contributed by atoms with van der Waals surface area (Å²) in [6, 6.07) is 3.45. The van der Waals surface area contributed by atoms with Crippen molar-refractivity contribution < 1.29 is 9.90 Å². The molecule has 0 saturated heterocycles. The van der Waals surface area contributed by atoms with E-state index in [-0.39, 0.29) is 0 Å². The minimum atomic E-state index is -0.754. The van der Waals surface area contributed by atoms with Gasteiger partial charge in [-0.25, -0.2) is 4.98 Å². The summed E-state index contributed by atoms with van der Waals surface area (Å²) in [4.78, 5) is 18.4. The Morgan fingerprint density at radius 1 is 1.61 bits per heavy atom. The highest BCUT2D eigenvalue weighted by molar-refractivity contribution is 5.79. The SMILES string of the molecule is O=C(O)C(NCc1c[nH]c2ncccc12)C1CC1. The van der Waals surface area contributed by atoms with Crippen LogP contribution in [0.25, 0.3) is 11.0 Å². The van der Waals surface area contributed by atoms with Crippen LogP contribution in [0.1, 0.15) is 18.4 Å². The first-order valence-electron chi connectivity index (χ1n) is 6.13. The predicted molar refractivity (Wildman–Crippen MR) is 67.1 cm³/mol. The number of nitrogens with one attached hydrogen (secondary N) is 2. The third kappa shape index (κ3) is 2.09. The van der Waals surface area contributed by atoms with Gasteiger partial charge in [0, 0.05) is 24.3 Å². The minimum Gasteiger partial charge on any atom is -0.480 e. The molecule has 3 rings (SSSR count). The van der Waals surface area contributed by atoms with Gasteiger partial charge in [-0.3, -0.25) is 10.1 Å². The van der Waals surface area contributed by atoms with Crippen LogP contribution in [0.3, 0.4) is 0 Å². The number of carbonyl (C=O) groups is 1. The number of fused-ring (bicyclic) bond motifs is 1. The van der Waals surface area contributed by atoms with E-state index < -0.39 is 12.0 Å². The summed E-state index contributed by atoms with van der Waals surface area (Å²) in [5.74, 6) is -0.457. The summed E-state index contributed by atoms with van der Waals surface area (Å²) in [7, 11) is 0. The monoisotopic (exact) mass is 245 g/mol. The van der Waals surface area contributed by atoms with Gasteiger partial charge < -0.3 is 10.1 Å². The summed E-state index contributed by atoms with van der Waals surface area (Å²) < 4.78 is 0. The molecule has 5 nitrogen and oxygen atoms in total. The van der Waals surface area contributed by atoms with Crippen LogP contribution in [0.4, 0.5) is 0 Å². The smallest absolute Gasteiger partial charge is 0.320 e. The van der Waals surface area contributed by atoms with Crippen molar-refractivity contribution in [2.24, 2.45) is 5.92 Å². The number of hydrogen-bond acceptors (Lipinski definition) is 3. The van der Waals surface area contributed by atoms with Crippen LogP contribution >= 0.6 is 0 Å². The van der Waals surface area contributed by atoms with E-state index in [4.69, 9.17) is 5.11 Å². The zero-order valence-corrected chi connectivity index (χ0v) is 9.89. The molecule has 0 spiro atoms. The van der Waals surface area contributed by atoms with Gasteiger partial charge in [0.05, 0.1) is 0 Å². The van der Waals surface area contributed by atoms with Crippen LogP contribution in [-0.2, 0) is 11.3 Å². The van der Waals surface area contributed by atoms with E-state index in [1.54, 1.807) is 6.20 Å². The van der Waals surface area contributed by atoms with Gasteiger partial charge in [0.2, 0.25) is 0 Å². The molecule has 2 heterocycles. The number of aromatic amines is 1. The van der Waals surface area contributed by atoms with E-state index in [1.165, 1.54) is 0 Å². The Morgan fingerprint density at radius 2 is 2.44 bits per heavy atom. The molecule has 0 amide bonds. The highest BCUT2D eigenvalue weighted by atomic mass is 16.4. The van der Waals surface area contributed by atoms with Crippen LogP contribution < -0.4 is 5.32 Å². The molecule has 1 aliphatic rings. The normalized spacial score (nSPS) is 16.9. The largest absolute Gasteiger partial charge is 0.480 e. The van der Waals surface area contributed by atoms with Gasteiger partial charge in [0.15, 0.2) is 0 Å². The van der Waals surface area contributed by atoms with Gasteiger partial charge in [0.25, 0.3) is 0 Å². The quantitative estimate of drug-likeness (QED) is 0.746. The average Bonchev–Trinajstić information content (AvgIpc) is 3.11. The van der Waals surface area contributed by atoms with Gasteiger partial charge in [0.1, 0.15) is 11.7 Å². The number of aromatic nitrogens is 2. The fourth-order valence-electron chi connectivity index (χ4n) is 2.26. The van der Waals surface area contributed by atoms with Crippen LogP contribution in [-0.4, -0.2) is 27.1 Å². The van der Waals surface area contributed by atoms with E-state index in [1.807, 2.05) is 18.3 Å². The molecule has 0 aromatic carbocycles. The van der Waals surface area contributed by atoms with Crippen molar-refractivity contribution in [1.82, 2.24) is 15.3 Å². The number of H-pyrrole nitrogens is 1. The third-order valence-corrected chi connectivity index (χ3v) is 3.41. The van der Waals surface area contributed by atoms with Gasteiger partial charge in [-0.1, -0.05) is 0 Å². The van der Waals surface area contributed by atoms with E-state index in [0.29, 0.717) is 12.5 Å². The summed E-state index contributed by atoms with van der Waals surface area (Å²) in [5, 5.41) is 13.3. The Bertz CT molecular complexity index is 574. The van der Waals surface area contributed by atoms with Crippen LogP contribution in [0, 0.1) is 5.92 Å². The predicted octanol–water partition coefficient (Wildman–Crippen LogP) is 1.52. The first-order valence-corrected chi connectivity index (χ1v) is 6.13. The molecule has 0 aliphatic heterocycles. The number of rotatable bonds is 5. The van der Waals surface area contributed by atoms with E-state index in [2.05, 4.69) is 15.3 Å². The van der Waals surface area contributed by atoms with Gasteiger partial charge in [-0.05, 0) is 36.5 Å². The maximum Gasteiger partial charge on any atom is 0.320 e. The second kappa shape index (κ2) is 4.42. The maximum absolute atomic E-state index is 11.1. The van der Waals surface area contributed by atoms with Crippen molar-refractivity contribution in [3.05, 3.63) is 30.1 Å². The molecule has 0 bridgehead atoms. The molecular formula is C13H15N3O2. The number of aliphatic carboxylic acids is 1. The van der Waals surface area contributed by atoms with E-state index in [0.717, 1.165) is 29.4 Å². The van der Waals surface area contributed by atoms with E-state index >= 15 is 0 Å². The summed E-state index contributed by atoms with van der Waals surface area (Å²) in [6.45, 7) is 0.555. The Labute approximate surface area is 104 Å². The lowest BCUT2D eigenvalue weighted by Gasteiger charge is -2.12. The van der Waals surface area contributed by atoms with Crippen LogP contribution in [0.2, 0.25) is 0 Å². The summed E-state index contributed by atoms with van der Waals surface area (Å²) in [5.41, 5.74) is 1.90. The molecule has 18 heavy (non-hydrogen) atoms. The Balaban J connectivity index is 1.74. The lowest BCUT2D eigenvalue weighted by atomic mass is 10.1. The molecular weight excluding hydrogens is 230 g/mol. The second-order valence-electron chi connectivity index (χ2n) is 4.75. The zero-order chi connectivity index (χ0) is 12.5. The standard InChI is InChI=1S/C13H15N3O2/c17-13(18)11(8-3-4-8)15-6-9-7-16-12-10(9)2-1-5-14-12/h1-2,5,7-8,11,15H,3-4,6H2,(H,14,16)(H,17,18). The molecule has 1 atom stereocenters. The summed E-state index contributed by atoms with van der Waals surface area (Å²) >= 11 is 0. The first-order chi connectivity index (χ1) is 8.75. The van der Waals surface area contributed by atoms with Crippen molar-refractivity contribution in [2.45, 2.75) is 25.4 Å². The molecule has 0 radical (unpaired) electrons. The molecule has 5 heteroatoms.